The van der Waals surface area contributed by atoms with Gasteiger partial charge in [0.25, 0.3) is 0 Å². The number of anilines is 2. The number of aromatic nitrogens is 2. The van der Waals surface area contributed by atoms with Crippen molar-refractivity contribution in [1.29, 1.82) is 0 Å². The standard InChI is InChI=1S/C35H36N2O.C29H30BrNO/c1-4-6-20-35(21-7-5-2)29-14-11-15-31(38-3)32(29)34-30(35)22-25-17-16-24-18-19-27(23-28(24)33(25)37-34)36-26-12-9-8-10-13-26;1-4-6-15-29(16-7-5-2)23-9-8-10-25(32-3)26(23)28-24(29)17-20-12-11-19-13-14-21(30)18-22(19)27(20)31-28/h8-19,22-23,36H,4-7,20-21H2,1-3H3;8-14,17-18H,4-7,15-16H2,1-3H3. The van der Waals surface area contributed by atoms with Crippen molar-refractivity contribution in [2.24, 2.45) is 0 Å². The fraction of sp³-hybridized carbons (Fsp3) is 0.312. The molecule has 0 aliphatic heterocycles. The molecule has 0 saturated carbocycles. The molecule has 11 rings (SSSR count). The molecule has 0 radical (unpaired) electrons. The van der Waals surface area contributed by atoms with Crippen LogP contribution in [0.2, 0.25) is 0 Å². The Morgan fingerprint density at radius 2 is 0.886 bits per heavy atom. The molecule has 9 aromatic rings. The van der Waals surface area contributed by atoms with E-state index in [9.17, 15) is 0 Å². The molecule has 6 heteroatoms. The van der Waals surface area contributed by atoms with Gasteiger partial charge in [0.05, 0.1) is 36.6 Å². The Bertz CT molecular complexity index is 3350. The van der Waals surface area contributed by atoms with Crippen molar-refractivity contribution in [2.75, 3.05) is 19.5 Å². The lowest BCUT2D eigenvalue weighted by Crippen LogP contribution is -2.25. The molecular formula is C64H66BrN3O2. The number of nitrogens with zero attached hydrogens (tertiary/aromatic N) is 2. The third kappa shape index (κ3) is 8.30. The lowest BCUT2D eigenvalue weighted by Gasteiger charge is -2.32. The Kier molecular flexibility index (Phi) is 13.7. The molecule has 7 aromatic carbocycles. The molecule has 0 atom stereocenters. The second-order valence-corrected chi connectivity index (χ2v) is 20.6. The van der Waals surface area contributed by atoms with Gasteiger partial charge in [-0.15, -0.1) is 0 Å². The summed E-state index contributed by atoms with van der Waals surface area (Å²) in [5.41, 5.74) is 14.4. The average molecular weight is 989 g/mol. The maximum atomic E-state index is 5.95. The molecule has 0 spiro atoms. The Labute approximate surface area is 423 Å². The van der Waals surface area contributed by atoms with Gasteiger partial charge in [0.15, 0.2) is 0 Å². The van der Waals surface area contributed by atoms with E-state index in [1.54, 1.807) is 14.2 Å². The highest BCUT2D eigenvalue weighted by molar-refractivity contribution is 9.10. The molecule has 356 valence electrons. The average Bonchev–Trinajstić information content (AvgIpc) is 3.83. The number of ether oxygens (including phenoxy) is 2. The second-order valence-electron chi connectivity index (χ2n) is 19.7. The number of unbranched alkanes of at least 4 members (excludes halogenated alkanes) is 4. The Hall–Kier alpha value is -6.24. The first-order valence-corrected chi connectivity index (χ1v) is 26.7. The molecule has 70 heavy (non-hydrogen) atoms. The third-order valence-corrected chi connectivity index (χ3v) is 16.0. The first-order valence-electron chi connectivity index (χ1n) is 25.9. The van der Waals surface area contributed by atoms with Gasteiger partial charge in [-0.2, -0.15) is 0 Å². The Morgan fingerprint density at radius 3 is 1.36 bits per heavy atom. The van der Waals surface area contributed by atoms with Gasteiger partial charge in [0.2, 0.25) is 0 Å². The quantitative estimate of drug-likeness (QED) is 0.0978. The smallest absolute Gasteiger partial charge is 0.128 e. The van der Waals surface area contributed by atoms with Crippen LogP contribution in [0.15, 0.2) is 144 Å². The van der Waals surface area contributed by atoms with E-state index in [0.29, 0.717) is 0 Å². The van der Waals surface area contributed by atoms with Crippen LogP contribution in [0.1, 0.15) is 127 Å². The van der Waals surface area contributed by atoms with Crippen LogP contribution in [0, 0.1) is 0 Å². The number of fused-ring (bicyclic) bond motifs is 12. The summed E-state index contributed by atoms with van der Waals surface area (Å²) in [4.78, 5) is 10.9. The predicted molar refractivity (Wildman–Crippen MR) is 300 cm³/mol. The Morgan fingerprint density at radius 1 is 0.443 bits per heavy atom. The minimum atomic E-state index is -0.0158. The molecule has 0 bridgehead atoms. The van der Waals surface area contributed by atoms with Gasteiger partial charge in [-0.05, 0) is 119 Å². The number of halogens is 1. The zero-order chi connectivity index (χ0) is 48.4. The van der Waals surface area contributed by atoms with Gasteiger partial charge >= 0.3 is 0 Å². The lowest BCUT2D eigenvalue weighted by atomic mass is 9.71. The Balaban J connectivity index is 0.000000165. The van der Waals surface area contributed by atoms with Crippen LogP contribution < -0.4 is 14.8 Å². The van der Waals surface area contributed by atoms with Crippen molar-refractivity contribution in [3.63, 3.8) is 0 Å². The first kappa shape index (κ1) is 47.4. The number of hydrogen-bond donors (Lipinski definition) is 1. The van der Waals surface area contributed by atoms with Crippen molar-refractivity contribution in [3.8, 4) is 34.0 Å². The van der Waals surface area contributed by atoms with E-state index in [1.165, 1.54) is 117 Å². The second kappa shape index (κ2) is 20.2. The number of para-hydroxylation sites is 1. The van der Waals surface area contributed by atoms with Gasteiger partial charge < -0.3 is 14.8 Å². The highest BCUT2D eigenvalue weighted by Gasteiger charge is 2.46. The van der Waals surface area contributed by atoms with Gasteiger partial charge in [-0.1, -0.05) is 174 Å². The van der Waals surface area contributed by atoms with E-state index in [-0.39, 0.29) is 10.8 Å². The summed E-state index contributed by atoms with van der Waals surface area (Å²) in [5.74, 6) is 1.86. The summed E-state index contributed by atoms with van der Waals surface area (Å²) < 4.78 is 12.9. The van der Waals surface area contributed by atoms with Crippen molar-refractivity contribution in [1.82, 2.24) is 9.97 Å². The maximum Gasteiger partial charge on any atom is 0.128 e. The molecule has 2 aromatic heterocycles. The summed E-state index contributed by atoms with van der Waals surface area (Å²) in [7, 11) is 3.56. The van der Waals surface area contributed by atoms with Crippen LogP contribution >= 0.6 is 15.9 Å². The summed E-state index contributed by atoms with van der Waals surface area (Å²) in [6.07, 6.45) is 14.2. The van der Waals surface area contributed by atoms with Crippen molar-refractivity contribution in [3.05, 3.63) is 166 Å². The molecule has 0 unspecified atom stereocenters. The third-order valence-electron chi connectivity index (χ3n) is 15.5. The number of pyridine rings is 2. The number of hydrogen-bond acceptors (Lipinski definition) is 5. The topological polar surface area (TPSA) is 56.3 Å². The van der Waals surface area contributed by atoms with Gasteiger partial charge in [0.1, 0.15) is 11.5 Å². The molecule has 1 N–H and O–H groups in total. The van der Waals surface area contributed by atoms with Crippen LogP contribution in [-0.4, -0.2) is 24.2 Å². The largest absolute Gasteiger partial charge is 0.496 e. The molecule has 2 aliphatic carbocycles. The predicted octanol–water partition coefficient (Wildman–Crippen LogP) is 18.6. The van der Waals surface area contributed by atoms with Crippen molar-refractivity contribution >= 4 is 70.7 Å². The molecule has 2 heterocycles. The minimum absolute atomic E-state index is 0.0125. The van der Waals surface area contributed by atoms with Crippen LogP contribution in [-0.2, 0) is 10.8 Å². The molecule has 0 saturated heterocycles. The molecule has 0 fully saturated rings. The van der Waals surface area contributed by atoms with Gasteiger partial charge in [0, 0.05) is 59.3 Å². The SMILES string of the molecule is CCCCC1(CCCC)c2cc3ccc4ccc(Br)cc4c3nc2-c2c(OC)cccc21.CCCCC1(CCCC)c2cc3ccc4ccc(Nc5ccccc5)cc4c3nc2-c2c(OC)cccc21. The normalized spacial score (nSPS) is 13.7. The number of nitrogens with one attached hydrogen (secondary N) is 1. The zero-order valence-corrected chi connectivity index (χ0v) is 43.4. The summed E-state index contributed by atoms with van der Waals surface area (Å²) in [6, 6.07) is 50.3. The molecular weight excluding hydrogens is 923 g/mol. The fourth-order valence-electron chi connectivity index (χ4n) is 12.0. The van der Waals surface area contributed by atoms with Gasteiger partial charge in [-0.3, -0.25) is 0 Å². The lowest BCUT2D eigenvalue weighted by molar-refractivity contribution is 0.405. The summed E-state index contributed by atoms with van der Waals surface area (Å²) in [5, 5.41) is 10.8. The fourth-order valence-corrected chi connectivity index (χ4v) is 12.3. The highest BCUT2D eigenvalue weighted by atomic mass is 79.9. The van der Waals surface area contributed by atoms with Gasteiger partial charge in [-0.25, -0.2) is 9.97 Å². The molecule has 0 amide bonds. The number of methoxy groups -OCH3 is 2. The van der Waals surface area contributed by atoms with Crippen LogP contribution in [0.3, 0.4) is 0 Å². The monoisotopic (exact) mass is 987 g/mol. The van der Waals surface area contributed by atoms with E-state index >= 15 is 0 Å². The van der Waals surface area contributed by atoms with Crippen LogP contribution in [0.4, 0.5) is 11.4 Å². The van der Waals surface area contributed by atoms with E-state index in [2.05, 4.69) is 182 Å². The highest BCUT2D eigenvalue weighted by Crippen LogP contribution is 2.58. The van der Waals surface area contributed by atoms with Crippen molar-refractivity contribution in [2.45, 2.75) is 116 Å². The number of benzene rings is 7. The maximum absolute atomic E-state index is 5.95. The van der Waals surface area contributed by atoms with E-state index in [0.717, 1.165) is 75.5 Å². The number of rotatable bonds is 16. The zero-order valence-electron chi connectivity index (χ0n) is 41.9. The minimum Gasteiger partial charge on any atom is -0.496 e. The van der Waals surface area contributed by atoms with Crippen LogP contribution in [0.5, 0.6) is 11.5 Å². The van der Waals surface area contributed by atoms with E-state index in [1.807, 2.05) is 6.07 Å². The first-order chi connectivity index (χ1) is 34.3. The molecule has 2 aliphatic rings. The van der Waals surface area contributed by atoms with Crippen LogP contribution in [0.25, 0.3) is 65.9 Å². The summed E-state index contributed by atoms with van der Waals surface area (Å²) >= 11 is 3.66. The van der Waals surface area contributed by atoms with Crippen molar-refractivity contribution < 1.29 is 9.47 Å². The van der Waals surface area contributed by atoms with E-state index < -0.39 is 0 Å². The summed E-state index contributed by atoms with van der Waals surface area (Å²) in [6.45, 7) is 9.17. The van der Waals surface area contributed by atoms with E-state index in [4.69, 9.17) is 19.4 Å². The molecule has 5 nitrogen and oxygen atoms in total.